The predicted octanol–water partition coefficient (Wildman–Crippen LogP) is 4.11. The summed E-state index contributed by atoms with van der Waals surface area (Å²) in [4.78, 5) is 16.1. The third-order valence-electron chi connectivity index (χ3n) is 3.23. The molecule has 8 heteroatoms. The van der Waals surface area contributed by atoms with Crippen LogP contribution in [0.25, 0.3) is 5.52 Å². The number of hydrogen-bond donors (Lipinski definition) is 1. The number of rotatable bonds is 2. The van der Waals surface area contributed by atoms with E-state index in [9.17, 15) is 18.0 Å². The minimum atomic E-state index is -4.42. The highest BCUT2D eigenvalue weighted by Crippen LogP contribution is 2.31. The van der Waals surface area contributed by atoms with Crippen molar-refractivity contribution < 1.29 is 22.7 Å². The van der Waals surface area contributed by atoms with Crippen LogP contribution in [0.2, 0.25) is 0 Å². The van der Waals surface area contributed by atoms with Crippen LogP contribution < -0.4 is 5.32 Å². The number of pyridine rings is 1. The van der Waals surface area contributed by atoms with Gasteiger partial charge >= 0.3 is 12.3 Å². The van der Waals surface area contributed by atoms with E-state index in [1.165, 1.54) is 16.8 Å². The van der Waals surface area contributed by atoms with Gasteiger partial charge in [-0.25, -0.2) is 9.78 Å². The number of alkyl carbamates (subject to hydrolysis) is 1. The second-order valence-electron chi connectivity index (χ2n) is 7.04. The standard InChI is InChI=1S/C16H20F3N3O2/c1-14(2,3)24-13(23)21-15(4,5)12-20-9-11-8-10(16(17,18)19)6-7-22(11)12/h6-9H,1-5H3,(H,21,23). The Morgan fingerprint density at radius 1 is 1.21 bits per heavy atom. The molecule has 0 bridgehead atoms. The average molecular weight is 343 g/mol. The summed E-state index contributed by atoms with van der Waals surface area (Å²) in [5, 5.41) is 2.69. The van der Waals surface area contributed by atoms with E-state index >= 15 is 0 Å². The Bertz CT molecular complexity index is 758. The van der Waals surface area contributed by atoms with Gasteiger partial charge in [-0.15, -0.1) is 0 Å². The van der Waals surface area contributed by atoms with Crippen molar-refractivity contribution in [3.05, 3.63) is 35.9 Å². The van der Waals surface area contributed by atoms with E-state index in [1.807, 2.05) is 0 Å². The zero-order chi connectivity index (χ0) is 18.3. The number of aromatic nitrogens is 2. The van der Waals surface area contributed by atoms with Crippen LogP contribution in [-0.2, 0) is 16.5 Å². The first kappa shape index (κ1) is 18.1. The summed E-state index contributed by atoms with van der Waals surface area (Å²) in [6, 6.07) is 1.99. The van der Waals surface area contributed by atoms with E-state index in [0.717, 1.165) is 12.1 Å². The number of nitrogens with zero attached hydrogens (tertiary/aromatic N) is 2. The number of fused-ring (bicyclic) bond motifs is 1. The third kappa shape index (κ3) is 3.98. The smallest absolute Gasteiger partial charge is 0.416 e. The van der Waals surface area contributed by atoms with Crippen molar-refractivity contribution in [3.63, 3.8) is 0 Å². The first-order chi connectivity index (χ1) is 10.8. The number of hydrogen-bond acceptors (Lipinski definition) is 3. The van der Waals surface area contributed by atoms with Crippen molar-refractivity contribution in [2.75, 3.05) is 0 Å². The van der Waals surface area contributed by atoms with Crippen LogP contribution in [-0.4, -0.2) is 21.1 Å². The first-order valence-corrected chi connectivity index (χ1v) is 7.35. The van der Waals surface area contributed by atoms with Crippen molar-refractivity contribution in [3.8, 4) is 0 Å². The topological polar surface area (TPSA) is 55.6 Å². The quantitative estimate of drug-likeness (QED) is 0.893. The molecule has 0 aromatic carbocycles. The van der Waals surface area contributed by atoms with Gasteiger partial charge in [-0.1, -0.05) is 0 Å². The fourth-order valence-electron chi connectivity index (χ4n) is 2.25. The van der Waals surface area contributed by atoms with Gasteiger partial charge in [0.25, 0.3) is 0 Å². The summed E-state index contributed by atoms with van der Waals surface area (Å²) < 4.78 is 45.1. The van der Waals surface area contributed by atoms with Gasteiger partial charge in [0.15, 0.2) is 0 Å². The largest absolute Gasteiger partial charge is 0.444 e. The van der Waals surface area contributed by atoms with Crippen LogP contribution in [0, 0.1) is 0 Å². The van der Waals surface area contributed by atoms with Crippen molar-refractivity contribution in [2.24, 2.45) is 0 Å². The monoisotopic (exact) mass is 343 g/mol. The summed E-state index contributed by atoms with van der Waals surface area (Å²) in [6.07, 6.45) is -2.42. The number of ether oxygens (including phenoxy) is 1. The third-order valence-corrected chi connectivity index (χ3v) is 3.23. The second-order valence-corrected chi connectivity index (χ2v) is 7.04. The van der Waals surface area contributed by atoms with Gasteiger partial charge in [-0.2, -0.15) is 13.2 Å². The number of halogens is 3. The first-order valence-electron chi connectivity index (χ1n) is 7.35. The van der Waals surface area contributed by atoms with Gasteiger partial charge in [0.2, 0.25) is 0 Å². The highest BCUT2D eigenvalue weighted by Gasteiger charge is 2.33. The Labute approximate surface area is 137 Å². The van der Waals surface area contributed by atoms with E-state index in [0.29, 0.717) is 11.3 Å². The molecular weight excluding hydrogens is 323 g/mol. The molecule has 0 fully saturated rings. The van der Waals surface area contributed by atoms with Crippen LogP contribution in [0.5, 0.6) is 0 Å². The van der Waals surface area contributed by atoms with Crippen LogP contribution in [0.4, 0.5) is 18.0 Å². The van der Waals surface area contributed by atoms with Crippen molar-refractivity contribution in [2.45, 2.75) is 51.9 Å². The molecule has 1 N–H and O–H groups in total. The highest BCUT2D eigenvalue weighted by atomic mass is 19.4. The lowest BCUT2D eigenvalue weighted by Gasteiger charge is -2.27. The SMILES string of the molecule is CC(C)(C)OC(=O)NC(C)(C)c1ncc2cc(C(F)(F)F)ccn12. The zero-order valence-corrected chi connectivity index (χ0v) is 14.2. The fourth-order valence-corrected chi connectivity index (χ4v) is 2.25. The minimum absolute atomic E-state index is 0.291. The maximum absolute atomic E-state index is 12.8. The molecule has 0 aliphatic carbocycles. The molecule has 0 saturated carbocycles. The molecule has 1 amide bonds. The molecule has 0 spiro atoms. The molecule has 24 heavy (non-hydrogen) atoms. The van der Waals surface area contributed by atoms with Gasteiger partial charge in [0.1, 0.15) is 11.4 Å². The number of alkyl halides is 3. The molecule has 2 aromatic rings. The number of imidazole rings is 1. The molecule has 0 atom stereocenters. The molecule has 0 radical (unpaired) electrons. The van der Waals surface area contributed by atoms with Crippen LogP contribution in [0.15, 0.2) is 24.5 Å². The number of amides is 1. The van der Waals surface area contributed by atoms with Gasteiger partial charge < -0.3 is 14.5 Å². The van der Waals surface area contributed by atoms with Gasteiger partial charge in [-0.05, 0) is 46.8 Å². The molecule has 0 saturated heterocycles. The van der Waals surface area contributed by atoms with Crippen LogP contribution in [0.1, 0.15) is 46.0 Å². The fraction of sp³-hybridized carbons (Fsp3) is 0.500. The molecule has 2 heterocycles. The number of carbonyl (C=O) groups is 1. The molecule has 0 unspecified atom stereocenters. The maximum atomic E-state index is 12.8. The minimum Gasteiger partial charge on any atom is -0.444 e. The number of nitrogens with one attached hydrogen (secondary N) is 1. The van der Waals surface area contributed by atoms with Gasteiger partial charge in [0, 0.05) is 6.20 Å². The van der Waals surface area contributed by atoms with E-state index in [2.05, 4.69) is 10.3 Å². The molecule has 2 rings (SSSR count). The Balaban J connectivity index is 2.32. The van der Waals surface area contributed by atoms with Gasteiger partial charge in [0.05, 0.1) is 22.8 Å². The summed E-state index contributed by atoms with van der Waals surface area (Å²) in [6.45, 7) is 8.61. The molecule has 132 valence electrons. The average Bonchev–Trinajstić information content (AvgIpc) is 2.77. The van der Waals surface area contributed by atoms with Crippen molar-refractivity contribution in [1.29, 1.82) is 0 Å². The summed E-state index contributed by atoms with van der Waals surface area (Å²) in [5.41, 5.74) is -2.05. The summed E-state index contributed by atoms with van der Waals surface area (Å²) in [7, 11) is 0. The van der Waals surface area contributed by atoms with Gasteiger partial charge in [-0.3, -0.25) is 0 Å². The molecule has 2 aromatic heterocycles. The van der Waals surface area contributed by atoms with E-state index < -0.39 is 29.0 Å². The predicted molar refractivity (Wildman–Crippen MR) is 82.6 cm³/mol. The van der Waals surface area contributed by atoms with Crippen LogP contribution >= 0.6 is 0 Å². The van der Waals surface area contributed by atoms with Crippen LogP contribution in [0.3, 0.4) is 0 Å². The Hall–Kier alpha value is -2.25. The van der Waals surface area contributed by atoms with Crippen molar-refractivity contribution in [1.82, 2.24) is 14.7 Å². The lowest BCUT2D eigenvalue weighted by Crippen LogP contribution is -2.44. The molecule has 0 aliphatic heterocycles. The highest BCUT2D eigenvalue weighted by molar-refractivity contribution is 5.69. The molecule has 0 aliphatic rings. The Kier molecular flexibility index (Phi) is 4.28. The van der Waals surface area contributed by atoms with E-state index in [4.69, 9.17) is 4.74 Å². The van der Waals surface area contributed by atoms with Crippen molar-refractivity contribution >= 4 is 11.6 Å². The zero-order valence-electron chi connectivity index (χ0n) is 14.2. The number of carbonyl (C=O) groups excluding carboxylic acids is 1. The lowest BCUT2D eigenvalue weighted by molar-refractivity contribution is -0.137. The normalized spacial score (nSPS) is 13.2. The Morgan fingerprint density at radius 3 is 2.38 bits per heavy atom. The molecule has 5 nitrogen and oxygen atoms in total. The molecular formula is C16H20F3N3O2. The summed E-state index contributed by atoms with van der Waals surface area (Å²) >= 11 is 0. The van der Waals surface area contributed by atoms with E-state index in [1.54, 1.807) is 34.6 Å². The van der Waals surface area contributed by atoms with E-state index in [-0.39, 0.29) is 0 Å². The maximum Gasteiger partial charge on any atom is 0.416 e. The second kappa shape index (κ2) is 5.68. The lowest BCUT2D eigenvalue weighted by atomic mass is 10.1. The summed E-state index contributed by atoms with van der Waals surface area (Å²) in [5.74, 6) is 0.400. The Morgan fingerprint density at radius 2 is 1.83 bits per heavy atom.